The van der Waals surface area contributed by atoms with Gasteiger partial charge in [0, 0.05) is 36.0 Å². The minimum Gasteiger partial charge on any atom is -0.445 e. The fourth-order valence-electron chi connectivity index (χ4n) is 3.81. The molecule has 0 aliphatic carbocycles. The molecule has 0 N–H and O–H groups in total. The summed E-state index contributed by atoms with van der Waals surface area (Å²) >= 11 is 0. The molecule has 1 saturated heterocycles. The zero-order chi connectivity index (χ0) is 19.5. The molecule has 0 atom stereocenters. The van der Waals surface area contributed by atoms with Gasteiger partial charge in [-0.2, -0.15) is 5.10 Å². The monoisotopic (exact) mass is 378 g/mol. The van der Waals surface area contributed by atoms with E-state index in [4.69, 9.17) is 9.72 Å². The highest BCUT2D eigenvalue weighted by Crippen LogP contribution is 2.28. The van der Waals surface area contributed by atoms with E-state index in [1.165, 1.54) is 5.56 Å². The van der Waals surface area contributed by atoms with Crippen LogP contribution in [0.5, 0.6) is 0 Å². The summed E-state index contributed by atoms with van der Waals surface area (Å²) in [5, 5.41) is 4.44. The molecule has 1 amide bonds. The molecule has 1 fully saturated rings. The second-order valence-corrected chi connectivity index (χ2v) is 7.38. The van der Waals surface area contributed by atoms with E-state index in [1.807, 2.05) is 41.0 Å². The molecule has 146 valence electrons. The van der Waals surface area contributed by atoms with E-state index in [0.717, 1.165) is 41.9 Å². The highest BCUT2D eigenvalue weighted by molar-refractivity contribution is 5.67. The molecule has 1 aliphatic rings. The van der Waals surface area contributed by atoms with Crippen LogP contribution < -0.4 is 0 Å². The van der Waals surface area contributed by atoms with Crippen LogP contribution in [0.25, 0.3) is 5.65 Å². The first-order valence-electron chi connectivity index (χ1n) is 9.95. The maximum Gasteiger partial charge on any atom is 0.410 e. The molecule has 0 radical (unpaired) electrons. The third-order valence-corrected chi connectivity index (χ3v) is 5.50. The number of hydrogen-bond donors (Lipinski definition) is 0. The topological polar surface area (TPSA) is 59.7 Å². The van der Waals surface area contributed by atoms with Gasteiger partial charge in [-0.05, 0) is 37.8 Å². The van der Waals surface area contributed by atoms with Crippen molar-refractivity contribution in [3.8, 4) is 0 Å². The molecule has 4 rings (SSSR count). The van der Waals surface area contributed by atoms with Gasteiger partial charge in [-0.3, -0.25) is 0 Å². The van der Waals surface area contributed by atoms with E-state index in [2.05, 4.69) is 25.0 Å². The minimum atomic E-state index is -0.231. The first-order valence-corrected chi connectivity index (χ1v) is 9.95. The van der Waals surface area contributed by atoms with E-state index in [0.29, 0.717) is 25.6 Å². The molecule has 0 spiro atoms. The lowest BCUT2D eigenvalue weighted by Crippen LogP contribution is -2.38. The maximum absolute atomic E-state index is 12.4. The Morgan fingerprint density at radius 2 is 1.96 bits per heavy atom. The average Bonchev–Trinajstić information content (AvgIpc) is 3.16. The molecule has 0 unspecified atom stereocenters. The van der Waals surface area contributed by atoms with Gasteiger partial charge in [0.15, 0.2) is 5.65 Å². The van der Waals surface area contributed by atoms with Crippen molar-refractivity contribution in [3.05, 3.63) is 65.1 Å². The van der Waals surface area contributed by atoms with Crippen LogP contribution in [-0.2, 0) is 17.8 Å². The molecule has 1 aliphatic heterocycles. The van der Waals surface area contributed by atoms with Crippen molar-refractivity contribution < 1.29 is 9.53 Å². The predicted molar refractivity (Wildman–Crippen MR) is 107 cm³/mol. The van der Waals surface area contributed by atoms with Gasteiger partial charge in [0.1, 0.15) is 6.61 Å². The summed E-state index contributed by atoms with van der Waals surface area (Å²) in [4.78, 5) is 19.1. The predicted octanol–water partition coefficient (Wildman–Crippen LogP) is 4.12. The lowest BCUT2D eigenvalue weighted by molar-refractivity contribution is 0.0868. The van der Waals surface area contributed by atoms with Gasteiger partial charge in [-0.1, -0.05) is 37.3 Å². The van der Waals surface area contributed by atoms with Crippen LogP contribution in [0.15, 0.2) is 42.6 Å². The number of carbonyl (C=O) groups is 1. The van der Waals surface area contributed by atoms with Crippen LogP contribution in [0.2, 0.25) is 0 Å². The van der Waals surface area contributed by atoms with Gasteiger partial charge < -0.3 is 9.64 Å². The zero-order valence-corrected chi connectivity index (χ0v) is 16.5. The molecule has 1 aromatic carbocycles. The normalized spacial score (nSPS) is 15.1. The number of piperidine rings is 1. The summed E-state index contributed by atoms with van der Waals surface area (Å²) in [6.45, 7) is 5.91. The molecule has 28 heavy (non-hydrogen) atoms. The van der Waals surface area contributed by atoms with E-state index in [9.17, 15) is 4.79 Å². The third kappa shape index (κ3) is 3.72. The summed E-state index contributed by atoms with van der Waals surface area (Å²) < 4.78 is 7.38. The van der Waals surface area contributed by atoms with Crippen LogP contribution in [0, 0.1) is 6.92 Å². The molecule has 3 heterocycles. The number of nitrogens with zero attached hydrogens (tertiary/aromatic N) is 4. The highest BCUT2D eigenvalue weighted by atomic mass is 16.6. The van der Waals surface area contributed by atoms with E-state index < -0.39 is 0 Å². The van der Waals surface area contributed by atoms with Crippen molar-refractivity contribution in [2.45, 2.75) is 45.6 Å². The molecular weight excluding hydrogens is 352 g/mol. The summed E-state index contributed by atoms with van der Waals surface area (Å²) in [5.74, 6) is 0.362. The van der Waals surface area contributed by atoms with Gasteiger partial charge >= 0.3 is 6.09 Å². The number of ether oxygens (including phenoxy) is 1. The fourth-order valence-corrected chi connectivity index (χ4v) is 3.81. The van der Waals surface area contributed by atoms with Crippen LogP contribution in [0.1, 0.15) is 48.2 Å². The second-order valence-electron chi connectivity index (χ2n) is 7.38. The fraction of sp³-hybridized carbons (Fsp3) is 0.409. The summed E-state index contributed by atoms with van der Waals surface area (Å²) in [6.07, 6.45) is 4.40. The summed E-state index contributed by atoms with van der Waals surface area (Å²) in [6, 6.07) is 11.9. The Hall–Kier alpha value is -2.89. The smallest absolute Gasteiger partial charge is 0.410 e. The molecule has 0 bridgehead atoms. The number of rotatable bonds is 4. The summed E-state index contributed by atoms with van der Waals surface area (Å²) in [7, 11) is 0. The van der Waals surface area contributed by atoms with E-state index in [1.54, 1.807) is 4.90 Å². The van der Waals surface area contributed by atoms with E-state index in [-0.39, 0.29) is 6.09 Å². The van der Waals surface area contributed by atoms with Crippen LogP contribution in [0.4, 0.5) is 4.79 Å². The number of aryl methyl sites for hydroxylation is 2. The number of hydrogen-bond acceptors (Lipinski definition) is 4. The Kier molecular flexibility index (Phi) is 5.28. The first kappa shape index (κ1) is 18.5. The second kappa shape index (κ2) is 8.00. The third-order valence-electron chi connectivity index (χ3n) is 5.50. The Bertz CT molecular complexity index is 959. The van der Waals surface area contributed by atoms with Crippen molar-refractivity contribution in [3.63, 3.8) is 0 Å². The van der Waals surface area contributed by atoms with Crippen LogP contribution in [0.3, 0.4) is 0 Å². The Morgan fingerprint density at radius 3 is 2.68 bits per heavy atom. The lowest BCUT2D eigenvalue weighted by atomic mass is 9.93. The highest BCUT2D eigenvalue weighted by Gasteiger charge is 2.26. The van der Waals surface area contributed by atoms with Gasteiger partial charge in [0.2, 0.25) is 0 Å². The van der Waals surface area contributed by atoms with Gasteiger partial charge in [0.05, 0.1) is 6.20 Å². The Morgan fingerprint density at radius 1 is 1.21 bits per heavy atom. The van der Waals surface area contributed by atoms with Crippen molar-refractivity contribution in [2.75, 3.05) is 13.1 Å². The van der Waals surface area contributed by atoms with Crippen LogP contribution in [-0.4, -0.2) is 38.7 Å². The molecular formula is C22H26N4O2. The minimum absolute atomic E-state index is 0.231. The standard InChI is InChI=1S/C22H26N4O2/c1-3-18-14-23-26-16(2)13-20(24-21(18)26)19-9-11-25(12-10-19)22(27)28-15-17-7-5-4-6-8-17/h4-8,13-14,19H,3,9-12,15H2,1-2H3. The molecule has 3 aromatic rings. The van der Waals surface area contributed by atoms with Gasteiger partial charge in [-0.15, -0.1) is 0 Å². The number of benzene rings is 1. The zero-order valence-electron chi connectivity index (χ0n) is 16.5. The largest absolute Gasteiger partial charge is 0.445 e. The summed E-state index contributed by atoms with van der Waals surface area (Å²) in [5.41, 5.74) is 5.35. The average molecular weight is 378 g/mol. The maximum atomic E-state index is 12.4. The van der Waals surface area contributed by atoms with E-state index >= 15 is 0 Å². The van der Waals surface area contributed by atoms with Crippen LogP contribution >= 0.6 is 0 Å². The number of aromatic nitrogens is 3. The lowest BCUT2D eigenvalue weighted by Gasteiger charge is -2.31. The number of carbonyl (C=O) groups excluding carboxylic acids is 1. The number of amides is 1. The first-order chi connectivity index (χ1) is 13.7. The van der Waals surface area contributed by atoms with Crippen molar-refractivity contribution in [2.24, 2.45) is 0 Å². The molecule has 6 nitrogen and oxygen atoms in total. The Balaban J connectivity index is 1.38. The molecule has 0 saturated carbocycles. The molecule has 6 heteroatoms. The SMILES string of the molecule is CCc1cnn2c(C)cc(C3CCN(C(=O)OCc4ccccc4)CC3)nc12. The quantitative estimate of drug-likeness (QED) is 0.685. The van der Waals surface area contributed by atoms with Crippen molar-refractivity contribution >= 4 is 11.7 Å². The van der Waals surface area contributed by atoms with Gasteiger partial charge in [0.25, 0.3) is 0 Å². The Labute approximate surface area is 165 Å². The van der Waals surface area contributed by atoms with Crippen molar-refractivity contribution in [1.82, 2.24) is 19.5 Å². The number of fused-ring (bicyclic) bond motifs is 1. The van der Waals surface area contributed by atoms with Crippen molar-refractivity contribution in [1.29, 1.82) is 0 Å². The van der Waals surface area contributed by atoms with Gasteiger partial charge in [-0.25, -0.2) is 14.3 Å². The number of likely N-dealkylation sites (tertiary alicyclic amines) is 1. The molecule has 2 aromatic heterocycles.